The van der Waals surface area contributed by atoms with E-state index in [9.17, 15) is 13.2 Å². The van der Waals surface area contributed by atoms with Crippen LogP contribution in [0.4, 0.5) is 0 Å². The van der Waals surface area contributed by atoms with Crippen molar-refractivity contribution < 1.29 is 13.2 Å². The van der Waals surface area contributed by atoms with Crippen molar-refractivity contribution in [3.8, 4) is 0 Å². The van der Waals surface area contributed by atoms with E-state index in [4.69, 9.17) is 0 Å². The molecule has 0 spiro atoms. The van der Waals surface area contributed by atoms with Crippen LogP contribution >= 0.6 is 0 Å². The van der Waals surface area contributed by atoms with Gasteiger partial charge in [-0.05, 0) is 24.7 Å². The summed E-state index contributed by atoms with van der Waals surface area (Å²) in [5.74, 6) is -0.0950. The molecule has 1 fully saturated rings. The molecule has 1 heterocycles. The normalized spacial score (nSPS) is 16.6. The van der Waals surface area contributed by atoms with Crippen LogP contribution in [0, 0.1) is 0 Å². The Hall–Kier alpha value is -1.44. The lowest BCUT2D eigenvalue weighted by Crippen LogP contribution is -2.48. The summed E-state index contributed by atoms with van der Waals surface area (Å²) in [5, 5.41) is 0. The fraction of sp³-hybridized carbons (Fsp3) is 0.588. The smallest absolute Gasteiger partial charge is 0.253 e. The highest BCUT2D eigenvalue weighted by molar-refractivity contribution is 7.89. The molecule has 1 amide bonds. The highest BCUT2D eigenvalue weighted by Crippen LogP contribution is 2.18. The lowest BCUT2D eigenvalue weighted by atomic mass is 10.2. The Bertz CT molecular complexity index is 663. The van der Waals surface area contributed by atoms with Crippen molar-refractivity contribution in [1.29, 1.82) is 0 Å². The Kier molecular flexibility index (Phi) is 6.37. The van der Waals surface area contributed by atoms with Crippen molar-refractivity contribution in [2.45, 2.75) is 25.7 Å². The summed E-state index contributed by atoms with van der Waals surface area (Å²) in [6, 6.07) is 6.39. The van der Waals surface area contributed by atoms with Crippen molar-refractivity contribution >= 4 is 15.9 Å². The first kappa shape index (κ1) is 18.9. The molecular formula is C17H27N3O3S. The monoisotopic (exact) mass is 353 g/mol. The SMILES string of the molecule is CCN1CCN(C(=O)c2cccc(S(=O)(=O)N(CC)CC)c2)CC1. The summed E-state index contributed by atoms with van der Waals surface area (Å²) < 4.78 is 26.6. The molecule has 1 aliphatic rings. The number of nitrogens with zero attached hydrogens (tertiary/aromatic N) is 3. The lowest BCUT2D eigenvalue weighted by molar-refractivity contribution is 0.0643. The summed E-state index contributed by atoms with van der Waals surface area (Å²) in [7, 11) is -3.55. The summed E-state index contributed by atoms with van der Waals surface area (Å²) in [4.78, 5) is 17.0. The molecular weight excluding hydrogens is 326 g/mol. The van der Waals surface area contributed by atoms with Gasteiger partial charge in [0.05, 0.1) is 4.90 Å². The number of benzene rings is 1. The van der Waals surface area contributed by atoms with Crippen LogP contribution in [-0.4, -0.2) is 74.2 Å². The second kappa shape index (κ2) is 8.09. The Morgan fingerprint density at radius 2 is 1.71 bits per heavy atom. The van der Waals surface area contributed by atoms with Gasteiger partial charge in [0, 0.05) is 44.8 Å². The number of carbonyl (C=O) groups is 1. The standard InChI is InChI=1S/C17H27N3O3S/c1-4-18-10-12-19(13-11-18)17(21)15-8-7-9-16(14-15)24(22,23)20(5-2)6-3/h7-9,14H,4-6,10-13H2,1-3H3. The van der Waals surface area contributed by atoms with Crippen LogP contribution in [0.25, 0.3) is 0 Å². The number of piperazine rings is 1. The molecule has 2 rings (SSSR count). The van der Waals surface area contributed by atoms with E-state index >= 15 is 0 Å². The molecule has 7 heteroatoms. The van der Waals surface area contributed by atoms with Gasteiger partial charge in [-0.25, -0.2) is 8.42 Å². The van der Waals surface area contributed by atoms with Gasteiger partial charge in [0.2, 0.25) is 10.0 Å². The third-order valence-electron chi connectivity index (χ3n) is 4.53. The molecule has 0 saturated carbocycles. The number of sulfonamides is 1. The van der Waals surface area contributed by atoms with Gasteiger partial charge in [-0.1, -0.05) is 26.8 Å². The Morgan fingerprint density at radius 1 is 1.08 bits per heavy atom. The number of amides is 1. The first-order valence-corrected chi connectivity index (χ1v) is 9.99. The van der Waals surface area contributed by atoms with Gasteiger partial charge in [0.15, 0.2) is 0 Å². The number of hydrogen-bond acceptors (Lipinski definition) is 4. The van der Waals surface area contributed by atoms with Gasteiger partial charge in [0.25, 0.3) is 5.91 Å². The molecule has 134 valence electrons. The van der Waals surface area contributed by atoms with Crippen LogP contribution in [0.3, 0.4) is 0 Å². The maximum Gasteiger partial charge on any atom is 0.253 e. The number of rotatable bonds is 6. The highest BCUT2D eigenvalue weighted by Gasteiger charge is 2.25. The summed E-state index contributed by atoms with van der Waals surface area (Å²) >= 11 is 0. The van der Waals surface area contributed by atoms with E-state index in [1.807, 2.05) is 13.8 Å². The third-order valence-corrected chi connectivity index (χ3v) is 6.58. The van der Waals surface area contributed by atoms with E-state index in [0.29, 0.717) is 31.7 Å². The average molecular weight is 353 g/mol. The van der Waals surface area contributed by atoms with Gasteiger partial charge in [-0.3, -0.25) is 4.79 Å². The van der Waals surface area contributed by atoms with Crippen molar-refractivity contribution in [1.82, 2.24) is 14.1 Å². The fourth-order valence-corrected chi connectivity index (χ4v) is 4.46. The minimum atomic E-state index is -3.55. The van der Waals surface area contributed by atoms with Crippen LogP contribution in [-0.2, 0) is 10.0 Å². The first-order chi connectivity index (χ1) is 11.4. The first-order valence-electron chi connectivity index (χ1n) is 8.55. The molecule has 1 saturated heterocycles. The number of carbonyl (C=O) groups excluding carboxylic acids is 1. The highest BCUT2D eigenvalue weighted by atomic mass is 32.2. The van der Waals surface area contributed by atoms with E-state index in [-0.39, 0.29) is 10.8 Å². The summed E-state index contributed by atoms with van der Waals surface area (Å²) in [5.41, 5.74) is 0.438. The summed E-state index contributed by atoms with van der Waals surface area (Å²) in [6.07, 6.45) is 0. The average Bonchev–Trinajstić information content (AvgIpc) is 2.62. The van der Waals surface area contributed by atoms with Crippen molar-refractivity contribution in [2.24, 2.45) is 0 Å². The molecule has 0 aliphatic carbocycles. The maximum atomic E-state index is 12.7. The molecule has 1 aromatic rings. The molecule has 0 radical (unpaired) electrons. The molecule has 1 aromatic carbocycles. The van der Waals surface area contributed by atoms with E-state index in [0.717, 1.165) is 19.6 Å². The molecule has 0 aromatic heterocycles. The second-order valence-corrected chi connectivity index (χ2v) is 7.78. The number of hydrogen-bond donors (Lipinski definition) is 0. The van der Waals surface area contributed by atoms with E-state index < -0.39 is 10.0 Å². The molecule has 0 bridgehead atoms. The van der Waals surface area contributed by atoms with Crippen LogP contribution in [0.1, 0.15) is 31.1 Å². The minimum Gasteiger partial charge on any atom is -0.336 e. The zero-order valence-electron chi connectivity index (χ0n) is 14.7. The largest absolute Gasteiger partial charge is 0.336 e. The molecule has 0 atom stereocenters. The van der Waals surface area contributed by atoms with Gasteiger partial charge in [0.1, 0.15) is 0 Å². The van der Waals surface area contributed by atoms with Crippen LogP contribution < -0.4 is 0 Å². The zero-order valence-corrected chi connectivity index (χ0v) is 15.6. The Balaban J connectivity index is 2.20. The van der Waals surface area contributed by atoms with E-state index in [1.165, 1.54) is 10.4 Å². The topological polar surface area (TPSA) is 60.9 Å². The zero-order chi connectivity index (χ0) is 17.7. The van der Waals surface area contributed by atoms with Crippen LogP contribution in [0.2, 0.25) is 0 Å². The maximum absolute atomic E-state index is 12.7. The number of likely N-dealkylation sites (N-methyl/N-ethyl adjacent to an activating group) is 1. The third kappa shape index (κ3) is 3.96. The Labute approximate surface area is 145 Å². The van der Waals surface area contributed by atoms with Gasteiger partial charge in [-0.2, -0.15) is 4.31 Å². The summed E-state index contributed by atoms with van der Waals surface area (Å²) in [6.45, 7) is 10.6. The predicted octanol–water partition coefficient (Wildman–Crippen LogP) is 1.49. The van der Waals surface area contributed by atoms with Crippen molar-refractivity contribution in [3.63, 3.8) is 0 Å². The molecule has 0 N–H and O–H groups in total. The second-order valence-electron chi connectivity index (χ2n) is 5.84. The minimum absolute atomic E-state index is 0.0950. The van der Waals surface area contributed by atoms with Crippen LogP contribution in [0.5, 0.6) is 0 Å². The predicted molar refractivity (Wildman–Crippen MR) is 94.6 cm³/mol. The Morgan fingerprint density at radius 3 is 2.25 bits per heavy atom. The quantitative estimate of drug-likeness (QED) is 0.777. The van der Waals surface area contributed by atoms with Gasteiger partial charge in [-0.15, -0.1) is 0 Å². The fourth-order valence-electron chi connectivity index (χ4n) is 2.95. The van der Waals surface area contributed by atoms with Crippen LogP contribution in [0.15, 0.2) is 29.2 Å². The van der Waals surface area contributed by atoms with Crippen molar-refractivity contribution in [3.05, 3.63) is 29.8 Å². The lowest BCUT2D eigenvalue weighted by Gasteiger charge is -2.34. The molecule has 0 unspecified atom stereocenters. The van der Waals surface area contributed by atoms with E-state index in [1.54, 1.807) is 23.1 Å². The van der Waals surface area contributed by atoms with Gasteiger partial charge >= 0.3 is 0 Å². The molecule has 6 nitrogen and oxygen atoms in total. The van der Waals surface area contributed by atoms with E-state index in [2.05, 4.69) is 11.8 Å². The molecule has 1 aliphatic heterocycles. The molecule has 24 heavy (non-hydrogen) atoms. The van der Waals surface area contributed by atoms with Gasteiger partial charge < -0.3 is 9.80 Å². The van der Waals surface area contributed by atoms with Crippen molar-refractivity contribution in [2.75, 3.05) is 45.8 Å².